The molecule has 3 aliphatic heterocycles. The third kappa shape index (κ3) is 6.06. The maximum atomic E-state index is 15.3. The molecule has 2 fully saturated rings. The summed E-state index contributed by atoms with van der Waals surface area (Å²) in [4.78, 5) is 42.1. The first-order valence-corrected chi connectivity index (χ1v) is 14.6. The Kier molecular flexibility index (Phi) is 8.04. The van der Waals surface area contributed by atoms with Crippen molar-refractivity contribution >= 4 is 40.8 Å². The number of hydrogen-bond acceptors (Lipinski definition) is 7. The second kappa shape index (κ2) is 12.2. The Morgan fingerprint density at radius 2 is 1.72 bits per heavy atom. The Hall–Kier alpha value is -4.80. The van der Waals surface area contributed by atoms with E-state index in [4.69, 9.17) is 9.47 Å². The molecule has 1 unspecified atom stereocenters. The summed E-state index contributed by atoms with van der Waals surface area (Å²) < 4.78 is 25.4. The van der Waals surface area contributed by atoms with Gasteiger partial charge in [-0.25, -0.2) is 14.0 Å². The van der Waals surface area contributed by atoms with Crippen molar-refractivity contribution in [2.75, 3.05) is 65.9 Å². The molecule has 2 atom stereocenters. The zero-order chi connectivity index (χ0) is 29.9. The predicted octanol–water partition coefficient (Wildman–Crippen LogP) is 4.50. The van der Waals surface area contributed by atoms with Crippen LogP contribution in [0, 0.1) is 5.82 Å². The van der Waals surface area contributed by atoms with E-state index in [-0.39, 0.29) is 31.5 Å². The number of ether oxygens (including phenoxy) is 2. The lowest BCUT2D eigenvalue weighted by atomic mass is 9.93. The number of amides is 3. The van der Waals surface area contributed by atoms with Gasteiger partial charge in [-0.3, -0.25) is 9.69 Å². The molecule has 10 nitrogen and oxygen atoms in total. The van der Waals surface area contributed by atoms with Crippen molar-refractivity contribution in [2.45, 2.75) is 25.4 Å². The quantitative estimate of drug-likeness (QED) is 0.400. The number of carbonyl (C=O) groups is 3. The number of carbonyl (C=O) groups excluding carboxylic acids is 3. The predicted molar refractivity (Wildman–Crippen MR) is 161 cm³/mol. The van der Waals surface area contributed by atoms with Crippen molar-refractivity contribution in [3.63, 3.8) is 0 Å². The van der Waals surface area contributed by atoms with Gasteiger partial charge < -0.3 is 29.9 Å². The van der Waals surface area contributed by atoms with Gasteiger partial charge in [-0.2, -0.15) is 0 Å². The fourth-order valence-corrected chi connectivity index (χ4v) is 5.90. The van der Waals surface area contributed by atoms with E-state index in [2.05, 4.69) is 39.8 Å². The number of anilines is 4. The number of nitrogens with zero attached hydrogens (tertiary/aromatic N) is 3. The molecule has 3 amide bonds. The van der Waals surface area contributed by atoms with Gasteiger partial charge in [-0.1, -0.05) is 30.3 Å². The average molecular weight is 588 g/mol. The van der Waals surface area contributed by atoms with Crippen LogP contribution in [0.25, 0.3) is 0 Å². The standard InChI is InChI=1S/C32H34FN5O5/c1-2-42-31(40)34-19-24-20-38(32(41)43-24)23-11-12-29(27(33)18-23)37-15-13-36(14-16-37)22-9-7-21(8-10-22)17-26-25-5-3-4-6-28(25)35-30(26)39/h3-12,18,24,26H,2,13-17,19-20H2,1H3,(H,34,40)(H,35,39)/t24-,26?/m0/s1. The second-order valence-corrected chi connectivity index (χ2v) is 10.8. The molecule has 0 saturated carbocycles. The zero-order valence-corrected chi connectivity index (χ0v) is 23.9. The number of hydrogen-bond donors (Lipinski definition) is 2. The van der Waals surface area contributed by atoms with Gasteiger partial charge in [0.05, 0.1) is 37.0 Å². The summed E-state index contributed by atoms with van der Waals surface area (Å²) in [6.07, 6.45) is -1.07. The van der Waals surface area contributed by atoms with E-state index >= 15 is 4.39 Å². The van der Waals surface area contributed by atoms with Crippen molar-refractivity contribution in [2.24, 2.45) is 0 Å². The van der Waals surface area contributed by atoms with Crippen LogP contribution in [0.3, 0.4) is 0 Å². The molecule has 3 aliphatic rings. The minimum Gasteiger partial charge on any atom is -0.450 e. The third-order valence-corrected chi connectivity index (χ3v) is 8.14. The van der Waals surface area contributed by atoms with Crippen LogP contribution in [-0.2, 0) is 20.7 Å². The van der Waals surface area contributed by atoms with E-state index in [1.165, 1.54) is 11.0 Å². The van der Waals surface area contributed by atoms with E-state index < -0.39 is 24.1 Å². The summed E-state index contributed by atoms with van der Waals surface area (Å²) in [7, 11) is 0. The minimum absolute atomic E-state index is 0.0366. The second-order valence-electron chi connectivity index (χ2n) is 10.8. The number of piperazine rings is 1. The van der Waals surface area contributed by atoms with Crippen LogP contribution in [0.5, 0.6) is 0 Å². The number of alkyl carbamates (subject to hydrolysis) is 1. The summed E-state index contributed by atoms with van der Waals surface area (Å²) in [5, 5.41) is 5.52. The van der Waals surface area contributed by atoms with Gasteiger partial charge in [0, 0.05) is 37.6 Å². The van der Waals surface area contributed by atoms with Crippen LogP contribution in [-0.4, -0.2) is 70.1 Å². The minimum atomic E-state index is -0.584. The van der Waals surface area contributed by atoms with Gasteiger partial charge in [0.15, 0.2) is 0 Å². The third-order valence-electron chi connectivity index (χ3n) is 8.14. The molecule has 0 bridgehead atoms. The van der Waals surface area contributed by atoms with Crippen molar-refractivity contribution in [3.05, 3.63) is 83.7 Å². The normalized spacial score (nSPS) is 19.6. The smallest absolute Gasteiger partial charge is 0.414 e. The molecular formula is C32H34FN5O5. The van der Waals surface area contributed by atoms with E-state index in [0.717, 1.165) is 35.6 Å². The first kappa shape index (κ1) is 28.3. The highest BCUT2D eigenvalue weighted by Gasteiger charge is 2.34. The highest BCUT2D eigenvalue weighted by Crippen LogP contribution is 2.35. The molecule has 0 aliphatic carbocycles. The maximum absolute atomic E-state index is 15.3. The topological polar surface area (TPSA) is 103 Å². The lowest BCUT2D eigenvalue weighted by Gasteiger charge is -2.37. The van der Waals surface area contributed by atoms with Crippen molar-refractivity contribution < 1.29 is 28.2 Å². The van der Waals surface area contributed by atoms with Crippen LogP contribution in [0.4, 0.5) is 36.7 Å². The molecule has 3 aromatic rings. The van der Waals surface area contributed by atoms with Gasteiger partial charge in [0.25, 0.3) is 0 Å². The lowest BCUT2D eigenvalue weighted by Crippen LogP contribution is -2.46. The average Bonchev–Trinajstić information content (AvgIpc) is 3.55. The molecule has 2 N–H and O–H groups in total. The Bertz CT molecular complexity index is 1510. The molecule has 6 rings (SSSR count). The monoisotopic (exact) mass is 587 g/mol. The molecule has 3 heterocycles. The molecule has 3 aromatic carbocycles. The number of nitrogens with one attached hydrogen (secondary N) is 2. The van der Waals surface area contributed by atoms with E-state index in [0.29, 0.717) is 30.9 Å². The van der Waals surface area contributed by atoms with E-state index in [1.807, 2.05) is 29.2 Å². The molecule has 0 radical (unpaired) electrons. The van der Waals surface area contributed by atoms with Gasteiger partial charge in [-0.05, 0) is 60.9 Å². The van der Waals surface area contributed by atoms with Gasteiger partial charge in [0.2, 0.25) is 5.91 Å². The van der Waals surface area contributed by atoms with Crippen LogP contribution in [0.1, 0.15) is 24.0 Å². The Balaban J connectivity index is 1.02. The molecule has 0 spiro atoms. The van der Waals surface area contributed by atoms with Crippen molar-refractivity contribution in [1.82, 2.24) is 5.32 Å². The van der Waals surface area contributed by atoms with Crippen LogP contribution < -0.4 is 25.3 Å². The lowest BCUT2D eigenvalue weighted by molar-refractivity contribution is -0.117. The number of para-hydroxylation sites is 1. The summed E-state index contributed by atoms with van der Waals surface area (Å²) in [6, 6.07) is 20.9. The van der Waals surface area contributed by atoms with Crippen LogP contribution in [0.2, 0.25) is 0 Å². The molecule has 11 heteroatoms. The fourth-order valence-electron chi connectivity index (χ4n) is 5.90. The Morgan fingerprint density at radius 3 is 2.47 bits per heavy atom. The molecular weight excluding hydrogens is 553 g/mol. The number of benzene rings is 3. The fraction of sp³-hybridized carbons (Fsp3) is 0.344. The molecule has 43 heavy (non-hydrogen) atoms. The summed E-state index contributed by atoms with van der Waals surface area (Å²) >= 11 is 0. The van der Waals surface area contributed by atoms with Crippen molar-refractivity contribution in [3.8, 4) is 0 Å². The van der Waals surface area contributed by atoms with E-state index in [9.17, 15) is 14.4 Å². The number of fused-ring (bicyclic) bond motifs is 1. The summed E-state index contributed by atoms with van der Waals surface area (Å²) in [6.45, 7) is 5.00. The van der Waals surface area contributed by atoms with Gasteiger partial charge in [0.1, 0.15) is 11.9 Å². The Labute approximate surface area is 249 Å². The molecule has 2 saturated heterocycles. The van der Waals surface area contributed by atoms with Crippen molar-refractivity contribution in [1.29, 1.82) is 0 Å². The zero-order valence-electron chi connectivity index (χ0n) is 23.9. The number of cyclic esters (lactones) is 1. The van der Waals surface area contributed by atoms with Gasteiger partial charge in [-0.15, -0.1) is 0 Å². The SMILES string of the molecule is CCOC(=O)NC[C@H]1CN(c2ccc(N3CCN(c4ccc(CC5C(=O)Nc6ccccc65)cc4)CC3)c(F)c2)C(=O)O1. The summed E-state index contributed by atoms with van der Waals surface area (Å²) in [5.74, 6) is -0.555. The maximum Gasteiger partial charge on any atom is 0.414 e. The van der Waals surface area contributed by atoms with E-state index in [1.54, 1.807) is 19.1 Å². The first-order valence-electron chi connectivity index (χ1n) is 14.6. The number of halogens is 1. The molecule has 0 aromatic heterocycles. The largest absolute Gasteiger partial charge is 0.450 e. The van der Waals surface area contributed by atoms with Crippen LogP contribution in [0.15, 0.2) is 66.7 Å². The summed E-state index contributed by atoms with van der Waals surface area (Å²) in [5.41, 5.74) is 5.02. The highest BCUT2D eigenvalue weighted by atomic mass is 19.1. The number of rotatable bonds is 8. The first-order chi connectivity index (χ1) is 20.9. The highest BCUT2D eigenvalue weighted by molar-refractivity contribution is 6.03. The van der Waals surface area contributed by atoms with Crippen LogP contribution >= 0.6 is 0 Å². The Morgan fingerprint density at radius 1 is 1.00 bits per heavy atom. The molecule has 224 valence electrons. The van der Waals surface area contributed by atoms with Gasteiger partial charge >= 0.3 is 12.2 Å².